The number of amides is 1. The Morgan fingerprint density at radius 3 is 2.50 bits per heavy atom. The number of carboxylic acids is 1. The molecule has 0 aromatic rings. The number of carbonyl (C=O) groups is 2. The third kappa shape index (κ3) is 4.40. The van der Waals surface area contributed by atoms with Gasteiger partial charge in [-0.2, -0.15) is 0 Å². The normalized spacial score (nSPS) is 18.2. The number of aliphatic carboxylic acids is 1. The van der Waals surface area contributed by atoms with Gasteiger partial charge in [0.05, 0.1) is 5.75 Å². The monoisotopic (exact) mass is 246 g/mol. The average molecular weight is 246 g/mol. The Bertz CT molecular complexity index is 254. The fourth-order valence-electron chi connectivity index (χ4n) is 1.58. The lowest BCUT2D eigenvalue weighted by atomic mass is 10.1. The van der Waals surface area contributed by atoms with Gasteiger partial charge in [-0.25, -0.2) is 0 Å². The van der Waals surface area contributed by atoms with Gasteiger partial charge in [0.25, 0.3) is 0 Å². The SMILES string of the molecule is NC(CSCC(=O)N1CCCCC1)C(=O)O. The molecular formula is C10H18N2O3S. The second-order valence-corrected chi connectivity index (χ2v) is 4.93. The van der Waals surface area contributed by atoms with Crippen LogP contribution in [-0.4, -0.2) is 52.5 Å². The van der Waals surface area contributed by atoms with Crippen molar-refractivity contribution >= 4 is 23.6 Å². The zero-order chi connectivity index (χ0) is 12.0. The van der Waals surface area contributed by atoms with Crippen LogP contribution in [0.2, 0.25) is 0 Å². The Kier molecular flexibility index (Phi) is 5.62. The summed E-state index contributed by atoms with van der Waals surface area (Å²) in [6.07, 6.45) is 3.34. The Labute approximate surface area is 99.4 Å². The summed E-state index contributed by atoms with van der Waals surface area (Å²) in [4.78, 5) is 24.0. The molecule has 0 aliphatic carbocycles. The lowest BCUT2D eigenvalue weighted by molar-refractivity contribution is -0.138. The Hall–Kier alpha value is -0.750. The van der Waals surface area contributed by atoms with E-state index in [-0.39, 0.29) is 11.7 Å². The van der Waals surface area contributed by atoms with Gasteiger partial charge in [0.1, 0.15) is 6.04 Å². The van der Waals surface area contributed by atoms with Crippen molar-refractivity contribution in [2.75, 3.05) is 24.6 Å². The molecule has 0 aromatic carbocycles. The third-order valence-corrected chi connectivity index (χ3v) is 3.59. The number of hydrogen-bond acceptors (Lipinski definition) is 4. The maximum atomic E-state index is 11.7. The van der Waals surface area contributed by atoms with Crippen molar-refractivity contribution in [3.63, 3.8) is 0 Å². The van der Waals surface area contributed by atoms with E-state index >= 15 is 0 Å². The molecule has 3 N–H and O–H groups in total. The number of thioether (sulfide) groups is 1. The van der Waals surface area contributed by atoms with Crippen LogP contribution >= 0.6 is 11.8 Å². The number of likely N-dealkylation sites (tertiary alicyclic amines) is 1. The van der Waals surface area contributed by atoms with Crippen LogP contribution < -0.4 is 5.73 Å². The summed E-state index contributed by atoms with van der Waals surface area (Å²) in [7, 11) is 0. The zero-order valence-electron chi connectivity index (χ0n) is 9.22. The van der Waals surface area contributed by atoms with Crippen LogP contribution in [0.4, 0.5) is 0 Å². The summed E-state index contributed by atoms with van der Waals surface area (Å²) in [5.74, 6) is -0.296. The van der Waals surface area contributed by atoms with Gasteiger partial charge in [-0.15, -0.1) is 11.8 Å². The molecule has 0 aromatic heterocycles. The highest BCUT2D eigenvalue weighted by Crippen LogP contribution is 2.11. The van der Waals surface area contributed by atoms with Gasteiger partial charge in [0.2, 0.25) is 5.91 Å². The quantitative estimate of drug-likeness (QED) is 0.721. The van der Waals surface area contributed by atoms with Crippen LogP contribution in [0.25, 0.3) is 0 Å². The fourth-order valence-corrected chi connectivity index (χ4v) is 2.45. The first-order valence-electron chi connectivity index (χ1n) is 5.45. The van der Waals surface area contributed by atoms with Crippen molar-refractivity contribution in [1.29, 1.82) is 0 Å². The minimum absolute atomic E-state index is 0.0993. The minimum Gasteiger partial charge on any atom is -0.480 e. The summed E-state index contributed by atoms with van der Waals surface area (Å²) >= 11 is 1.29. The van der Waals surface area contributed by atoms with Crippen molar-refractivity contribution in [1.82, 2.24) is 4.90 Å². The van der Waals surface area contributed by atoms with E-state index in [1.165, 1.54) is 18.2 Å². The van der Waals surface area contributed by atoms with Gasteiger partial charge >= 0.3 is 5.97 Å². The van der Waals surface area contributed by atoms with Crippen molar-refractivity contribution < 1.29 is 14.7 Å². The van der Waals surface area contributed by atoms with E-state index in [9.17, 15) is 9.59 Å². The number of hydrogen-bond donors (Lipinski definition) is 2. The van der Waals surface area contributed by atoms with Crippen LogP contribution in [0.1, 0.15) is 19.3 Å². The fraction of sp³-hybridized carbons (Fsp3) is 0.800. The van der Waals surface area contributed by atoms with Crippen LogP contribution in [0.3, 0.4) is 0 Å². The maximum Gasteiger partial charge on any atom is 0.321 e. The Morgan fingerprint density at radius 2 is 1.94 bits per heavy atom. The van der Waals surface area contributed by atoms with Gasteiger partial charge in [0.15, 0.2) is 0 Å². The first-order valence-corrected chi connectivity index (χ1v) is 6.60. The second kappa shape index (κ2) is 6.75. The molecule has 1 amide bonds. The molecule has 1 saturated heterocycles. The van der Waals surface area contributed by atoms with Crippen molar-refractivity contribution in [2.24, 2.45) is 5.73 Å². The molecule has 1 aliphatic rings. The molecule has 1 unspecified atom stereocenters. The van der Waals surface area contributed by atoms with E-state index < -0.39 is 12.0 Å². The van der Waals surface area contributed by atoms with Crippen LogP contribution in [0, 0.1) is 0 Å². The van der Waals surface area contributed by atoms with Gasteiger partial charge in [-0.1, -0.05) is 0 Å². The molecule has 16 heavy (non-hydrogen) atoms. The number of piperidine rings is 1. The van der Waals surface area contributed by atoms with E-state index in [0.717, 1.165) is 25.9 Å². The zero-order valence-corrected chi connectivity index (χ0v) is 10.0. The predicted molar refractivity (Wildman–Crippen MR) is 63.4 cm³/mol. The lowest BCUT2D eigenvalue weighted by Crippen LogP contribution is -2.37. The van der Waals surface area contributed by atoms with E-state index in [2.05, 4.69) is 0 Å². The molecule has 0 radical (unpaired) electrons. The van der Waals surface area contributed by atoms with Gasteiger partial charge < -0.3 is 15.7 Å². The van der Waals surface area contributed by atoms with Gasteiger partial charge in [-0.05, 0) is 19.3 Å². The Balaban J connectivity index is 2.16. The summed E-state index contributed by atoms with van der Waals surface area (Å²) in [6, 6.07) is -0.876. The summed E-state index contributed by atoms with van der Waals surface area (Å²) < 4.78 is 0. The van der Waals surface area contributed by atoms with E-state index in [0.29, 0.717) is 5.75 Å². The third-order valence-electron chi connectivity index (χ3n) is 2.55. The van der Waals surface area contributed by atoms with Crippen molar-refractivity contribution in [3.05, 3.63) is 0 Å². The maximum absolute atomic E-state index is 11.7. The van der Waals surface area contributed by atoms with Crippen LogP contribution in [0.5, 0.6) is 0 Å². The summed E-state index contributed by atoms with van der Waals surface area (Å²) in [5.41, 5.74) is 5.34. The average Bonchev–Trinajstić information content (AvgIpc) is 2.29. The first kappa shape index (κ1) is 13.3. The first-order chi connectivity index (χ1) is 7.61. The van der Waals surface area contributed by atoms with E-state index in [1.54, 1.807) is 0 Å². The van der Waals surface area contributed by atoms with Crippen LogP contribution in [-0.2, 0) is 9.59 Å². The molecule has 1 rings (SSSR count). The smallest absolute Gasteiger partial charge is 0.321 e. The highest BCUT2D eigenvalue weighted by Gasteiger charge is 2.17. The van der Waals surface area contributed by atoms with Crippen molar-refractivity contribution in [3.8, 4) is 0 Å². The number of rotatable bonds is 5. The molecule has 92 valence electrons. The highest BCUT2D eigenvalue weighted by atomic mass is 32.2. The van der Waals surface area contributed by atoms with Crippen LogP contribution in [0.15, 0.2) is 0 Å². The molecule has 0 saturated carbocycles. The molecule has 5 nitrogen and oxygen atoms in total. The number of carboxylic acid groups (broad SMARTS) is 1. The standard InChI is InChI=1S/C10H18N2O3S/c11-8(10(14)15)6-16-7-9(13)12-4-2-1-3-5-12/h8H,1-7,11H2,(H,14,15). The molecule has 0 spiro atoms. The van der Waals surface area contributed by atoms with E-state index in [1.807, 2.05) is 4.90 Å². The largest absolute Gasteiger partial charge is 0.480 e. The second-order valence-electron chi connectivity index (χ2n) is 3.90. The summed E-state index contributed by atoms with van der Waals surface area (Å²) in [6.45, 7) is 1.68. The Morgan fingerprint density at radius 1 is 1.31 bits per heavy atom. The molecule has 1 heterocycles. The van der Waals surface area contributed by atoms with Gasteiger partial charge in [0, 0.05) is 18.8 Å². The number of nitrogens with zero attached hydrogens (tertiary/aromatic N) is 1. The minimum atomic E-state index is -1.02. The van der Waals surface area contributed by atoms with Crippen molar-refractivity contribution in [2.45, 2.75) is 25.3 Å². The molecular weight excluding hydrogens is 228 g/mol. The lowest BCUT2D eigenvalue weighted by Gasteiger charge is -2.26. The van der Waals surface area contributed by atoms with E-state index in [4.69, 9.17) is 10.8 Å². The topological polar surface area (TPSA) is 83.6 Å². The summed E-state index contributed by atoms with van der Waals surface area (Å²) in [5, 5.41) is 8.56. The molecule has 0 bridgehead atoms. The molecule has 1 aliphatic heterocycles. The predicted octanol–water partition coefficient (Wildman–Crippen LogP) is 0.144. The number of nitrogens with two attached hydrogens (primary N) is 1. The number of carbonyl (C=O) groups excluding carboxylic acids is 1. The highest BCUT2D eigenvalue weighted by molar-refractivity contribution is 8.00. The molecule has 1 fully saturated rings. The van der Waals surface area contributed by atoms with Gasteiger partial charge in [-0.3, -0.25) is 9.59 Å². The molecule has 1 atom stereocenters. The molecule has 6 heteroatoms.